The first-order valence-corrected chi connectivity index (χ1v) is 6.46. The van der Waals surface area contributed by atoms with E-state index < -0.39 is 17.7 Å². The van der Waals surface area contributed by atoms with Gasteiger partial charge in [-0.15, -0.1) is 0 Å². The third-order valence-electron chi connectivity index (χ3n) is 2.60. The van der Waals surface area contributed by atoms with Crippen molar-refractivity contribution in [3.05, 3.63) is 64.1 Å². The molecule has 19 heavy (non-hydrogen) atoms. The van der Waals surface area contributed by atoms with E-state index in [9.17, 15) is 8.78 Å². The zero-order valence-corrected chi connectivity index (χ0v) is 11.5. The van der Waals surface area contributed by atoms with Gasteiger partial charge >= 0.3 is 0 Å². The van der Waals surface area contributed by atoms with Crippen LogP contribution in [0.15, 0.2) is 46.9 Å². The SMILES string of the molecule is NCC(Oc1ccc(F)cc1F)c1cccc(Br)c1. The Hall–Kier alpha value is -1.46. The summed E-state index contributed by atoms with van der Waals surface area (Å²) >= 11 is 3.35. The minimum atomic E-state index is -0.742. The number of rotatable bonds is 4. The van der Waals surface area contributed by atoms with Crippen molar-refractivity contribution in [3.8, 4) is 5.75 Å². The molecule has 0 spiro atoms. The average Bonchev–Trinajstić information content (AvgIpc) is 2.38. The molecule has 2 nitrogen and oxygen atoms in total. The summed E-state index contributed by atoms with van der Waals surface area (Å²) in [5, 5.41) is 0. The van der Waals surface area contributed by atoms with E-state index in [1.165, 1.54) is 6.07 Å². The molecule has 1 atom stereocenters. The Bertz CT molecular complexity index is 577. The highest BCUT2D eigenvalue weighted by Crippen LogP contribution is 2.26. The van der Waals surface area contributed by atoms with E-state index in [-0.39, 0.29) is 12.3 Å². The molecule has 100 valence electrons. The van der Waals surface area contributed by atoms with Crippen LogP contribution in [0.4, 0.5) is 8.78 Å². The maximum atomic E-state index is 13.5. The fourth-order valence-electron chi connectivity index (χ4n) is 1.68. The fraction of sp³-hybridized carbons (Fsp3) is 0.143. The number of benzene rings is 2. The zero-order valence-electron chi connectivity index (χ0n) is 9.95. The largest absolute Gasteiger partial charge is 0.481 e. The minimum Gasteiger partial charge on any atom is -0.481 e. The van der Waals surface area contributed by atoms with Gasteiger partial charge in [-0.2, -0.15) is 0 Å². The Labute approximate surface area is 118 Å². The molecule has 2 rings (SSSR count). The molecule has 5 heteroatoms. The predicted molar refractivity (Wildman–Crippen MR) is 72.9 cm³/mol. The first-order chi connectivity index (χ1) is 9.10. The Kier molecular flexibility index (Phi) is 4.50. The molecule has 0 bridgehead atoms. The molecular formula is C14H12BrF2NO. The minimum absolute atomic E-state index is 0.0168. The highest BCUT2D eigenvalue weighted by molar-refractivity contribution is 9.10. The van der Waals surface area contributed by atoms with Gasteiger partial charge in [-0.05, 0) is 29.8 Å². The molecule has 0 radical (unpaired) electrons. The second-order valence-electron chi connectivity index (χ2n) is 3.97. The van der Waals surface area contributed by atoms with Crippen LogP contribution in [0.2, 0.25) is 0 Å². The van der Waals surface area contributed by atoms with E-state index in [1.54, 1.807) is 0 Å². The van der Waals surface area contributed by atoms with E-state index in [1.807, 2.05) is 24.3 Å². The van der Waals surface area contributed by atoms with Crippen LogP contribution < -0.4 is 10.5 Å². The topological polar surface area (TPSA) is 35.2 Å². The summed E-state index contributed by atoms with van der Waals surface area (Å²) in [6.45, 7) is 0.188. The lowest BCUT2D eigenvalue weighted by molar-refractivity contribution is 0.204. The quantitative estimate of drug-likeness (QED) is 0.926. The van der Waals surface area contributed by atoms with Gasteiger partial charge in [0.15, 0.2) is 11.6 Å². The third-order valence-corrected chi connectivity index (χ3v) is 3.09. The van der Waals surface area contributed by atoms with E-state index in [2.05, 4.69) is 15.9 Å². The number of ether oxygens (including phenoxy) is 1. The summed E-state index contributed by atoms with van der Waals surface area (Å²) in [6.07, 6.45) is -0.488. The number of hydrogen-bond donors (Lipinski definition) is 1. The van der Waals surface area contributed by atoms with Crippen LogP contribution in [0.5, 0.6) is 5.75 Å². The predicted octanol–water partition coefficient (Wildman–Crippen LogP) is 3.81. The van der Waals surface area contributed by atoms with Crippen molar-refractivity contribution < 1.29 is 13.5 Å². The van der Waals surface area contributed by atoms with E-state index in [0.29, 0.717) is 0 Å². The van der Waals surface area contributed by atoms with E-state index in [0.717, 1.165) is 22.2 Å². The van der Waals surface area contributed by atoms with Crippen LogP contribution in [-0.4, -0.2) is 6.54 Å². The summed E-state index contributed by atoms with van der Waals surface area (Å²) in [4.78, 5) is 0. The Morgan fingerprint density at radius 2 is 1.95 bits per heavy atom. The summed E-state index contributed by atoms with van der Waals surface area (Å²) in [5.74, 6) is -1.40. The van der Waals surface area contributed by atoms with Crippen molar-refractivity contribution in [1.82, 2.24) is 0 Å². The van der Waals surface area contributed by atoms with Crippen LogP contribution in [0.3, 0.4) is 0 Å². The fourth-order valence-corrected chi connectivity index (χ4v) is 2.10. The molecule has 2 aromatic rings. The molecule has 0 aromatic heterocycles. The van der Waals surface area contributed by atoms with Gasteiger partial charge in [0.1, 0.15) is 11.9 Å². The molecular weight excluding hydrogens is 316 g/mol. The lowest BCUT2D eigenvalue weighted by atomic mass is 10.1. The lowest BCUT2D eigenvalue weighted by Gasteiger charge is -2.18. The van der Waals surface area contributed by atoms with Crippen molar-refractivity contribution in [3.63, 3.8) is 0 Å². The number of nitrogens with two attached hydrogens (primary N) is 1. The van der Waals surface area contributed by atoms with Crippen molar-refractivity contribution in [2.45, 2.75) is 6.10 Å². The van der Waals surface area contributed by atoms with Crippen molar-refractivity contribution in [1.29, 1.82) is 0 Å². The van der Waals surface area contributed by atoms with Crippen LogP contribution >= 0.6 is 15.9 Å². The second kappa shape index (κ2) is 6.12. The number of halogens is 3. The van der Waals surface area contributed by atoms with Crippen LogP contribution in [0, 0.1) is 11.6 Å². The van der Waals surface area contributed by atoms with E-state index in [4.69, 9.17) is 10.5 Å². The monoisotopic (exact) mass is 327 g/mol. The smallest absolute Gasteiger partial charge is 0.168 e. The molecule has 0 saturated carbocycles. The molecule has 0 saturated heterocycles. The Morgan fingerprint density at radius 3 is 2.58 bits per heavy atom. The standard InChI is InChI=1S/C14H12BrF2NO/c15-10-3-1-2-9(6-10)14(8-18)19-13-5-4-11(16)7-12(13)17/h1-7,14H,8,18H2. The van der Waals surface area contributed by atoms with Gasteiger partial charge in [-0.25, -0.2) is 8.78 Å². The first-order valence-electron chi connectivity index (χ1n) is 5.67. The van der Waals surface area contributed by atoms with Crippen LogP contribution in [0.25, 0.3) is 0 Å². The first kappa shape index (κ1) is 14.0. The normalized spacial score (nSPS) is 12.2. The highest BCUT2D eigenvalue weighted by Gasteiger charge is 2.14. The highest BCUT2D eigenvalue weighted by atomic mass is 79.9. The molecule has 2 aromatic carbocycles. The maximum absolute atomic E-state index is 13.5. The molecule has 0 aliphatic heterocycles. The second-order valence-corrected chi connectivity index (χ2v) is 4.89. The summed E-state index contributed by atoms with van der Waals surface area (Å²) in [7, 11) is 0. The summed E-state index contributed by atoms with van der Waals surface area (Å²) < 4.78 is 32.7. The maximum Gasteiger partial charge on any atom is 0.168 e. The summed E-state index contributed by atoms with van der Waals surface area (Å²) in [6, 6.07) is 10.6. The van der Waals surface area contributed by atoms with Crippen molar-refractivity contribution in [2.75, 3.05) is 6.54 Å². The van der Waals surface area contributed by atoms with Gasteiger partial charge in [-0.3, -0.25) is 0 Å². The van der Waals surface area contributed by atoms with Crippen molar-refractivity contribution in [2.24, 2.45) is 5.73 Å². The van der Waals surface area contributed by atoms with Crippen LogP contribution in [-0.2, 0) is 0 Å². The summed E-state index contributed by atoms with van der Waals surface area (Å²) in [5.41, 5.74) is 6.47. The van der Waals surface area contributed by atoms with E-state index >= 15 is 0 Å². The molecule has 1 unspecified atom stereocenters. The molecule has 0 fully saturated rings. The molecule has 0 heterocycles. The third kappa shape index (κ3) is 3.52. The van der Waals surface area contributed by atoms with Crippen molar-refractivity contribution >= 4 is 15.9 Å². The molecule has 2 N–H and O–H groups in total. The zero-order chi connectivity index (χ0) is 13.8. The molecule has 0 amide bonds. The van der Waals surface area contributed by atoms with Gasteiger partial charge in [0.25, 0.3) is 0 Å². The average molecular weight is 328 g/mol. The Balaban J connectivity index is 2.24. The lowest BCUT2D eigenvalue weighted by Crippen LogP contribution is -2.19. The van der Waals surface area contributed by atoms with Gasteiger partial charge in [0.2, 0.25) is 0 Å². The van der Waals surface area contributed by atoms with Gasteiger partial charge < -0.3 is 10.5 Å². The van der Waals surface area contributed by atoms with Gasteiger partial charge in [0.05, 0.1) is 0 Å². The van der Waals surface area contributed by atoms with Crippen LogP contribution in [0.1, 0.15) is 11.7 Å². The van der Waals surface area contributed by atoms with Gasteiger partial charge in [0, 0.05) is 17.1 Å². The number of hydrogen-bond acceptors (Lipinski definition) is 2. The molecule has 0 aliphatic rings. The van der Waals surface area contributed by atoms with Gasteiger partial charge in [-0.1, -0.05) is 28.1 Å². The Morgan fingerprint density at radius 1 is 1.16 bits per heavy atom. The molecule has 0 aliphatic carbocycles.